The Morgan fingerprint density at radius 3 is 2.66 bits per heavy atom. The summed E-state index contributed by atoms with van der Waals surface area (Å²) in [5.74, 6) is -1.17. The molecule has 2 aromatic carbocycles. The molecule has 2 N–H and O–H groups in total. The number of amides is 1. The third-order valence-corrected chi connectivity index (χ3v) is 5.47. The van der Waals surface area contributed by atoms with Gasteiger partial charge in [-0.15, -0.1) is 0 Å². The van der Waals surface area contributed by atoms with Crippen LogP contribution in [0, 0.1) is 5.82 Å². The fourth-order valence-electron chi connectivity index (χ4n) is 3.17. The number of carboxylic acids is 1. The highest BCUT2D eigenvalue weighted by molar-refractivity contribution is 7.98. The van der Waals surface area contributed by atoms with Gasteiger partial charge in [-0.3, -0.25) is 4.79 Å². The second-order valence-electron chi connectivity index (χ2n) is 7.18. The first-order valence-corrected chi connectivity index (χ1v) is 11.4. The Labute approximate surface area is 190 Å². The van der Waals surface area contributed by atoms with Crippen molar-refractivity contribution in [2.75, 3.05) is 12.0 Å². The molecular weight excluding hydrogens is 429 g/mol. The first-order valence-electron chi connectivity index (χ1n) is 10.0. The van der Waals surface area contributed by atoms with Crippen molar-refractivity contribution in [2.45, 2.75) is 19.0 Å². The quantitative estimate of drug-likeness (QED) is 0.450. The Kier molecular flexibility index (Phi) is 8.21. The molecule has 0 spiro atoms. The predicted molar refractivity (Wildman–Crippen MR) is 125 cm³/mol. The molecule has 0 saturated heterocycles. The van der Waals surface area contributed by atoms with Gasteiger partial charge in [0, 0.05) is 24.5 Å². The maximum Gasteiger partial charge on any atom is 0.326 e. The van der Waals surface area contributed by atoms with Gasteiger partial charge in [-0.25, -0.2) is 14.2 Å². The van der Waals surface area contributed by atoms with Crippen molar-refractivity contribution < 1.29 is 19.1 Å². The van der Waals surface area contributed by atoms with Crippen molar-refractivity contribution in [2.24, 2.45) is 0 Å². The van der Waals surface area contributed by atoms with Crippen LogP contribution in [0.2, 0.25) is 0 Å². The maximum atomic E-state index is 13.4. The van der Waals surface area contributed by atoms with E-state index in [4.69, 9.17) is 0 Å². The summed E-state index contributed by atoms with van der Waals surface area (Å²) in [5.41, 5.74) is 2.89. The number of aliphatic carboxylic acids is 1. The van der Waals surface area contributed by atoms with Crippen LogP contribution in [0.5, 0.6) is 0 Å². The number of carboxylic acid groups (broad SMARTS) is 1. The normalized spacial score (nSPS) is 12.4. The van der Waals surface area contributed by atoms with Crippen LogP contribution in [-0.2, 0) is 11.3 Å². The number of halogens is 1. The fraction of sp³-hybridized carbons (Fsp3) is 0.208. The van der Waals surface area contributed by atoms with E-state index in [0.29, 0.717) is 24.3 Å². The fourth-order valence-corrected chi connectivity index (χ4v) is 3.64. The summed E-state index contributed by atoms with van der Waals surface area (Å²) in [6, 6.07) is 12.2. The van der Waals surface area contributed by atoms with Crippen molar-refractivity contribution in [3.05, 3.63) is 89.8 Å². The first-order chi connectivity index (χ1) is 15.5. The van der Waals surface area contributed by atoms with Gasteiger partial charge < -0.3 is 15.0 Å². The summed E-state index contributed by atoms with van der Waals surface area (Å²) in [6.07, 6.45) is 9.37. The van der Waals surface area contributed by atoms with E-state index < -0.39 is 17.9 Å². The van der Waals surface area contributed by atoms with Gasteiger partial charge in [-0.05, 0) is 65.5 Å². The molecule has 1 atom stereocenters. The molecule has 166 valence electrons. The number of thioether (sulfide) groups is 1. The second kappa shape index (κ2) is 11.3. The number of allylic oxidation sites excluding steroid dienone is 1. The number of benzene rings is 2. The Bertz CT molecular complexity index is 1080. The SMILES string of the molecule is CSCC[C@H](NC(=O)c1cccc(/C=C(\Cn2ccnc2)c2ccc(F)cc2)c1)C(=O)O. The highest BCUT2D eigenvalue weighted by Crippen LogP contribution is 2.21. The Balaban J connectivity index is 1.86. The number of imidazole rings is 1. The largest absolute Gasteiger partial charge is 0.480 e. The molecule has 0 unspecified atom stereocenters. The molecule has 1 amide bonds. The van der Waals surface area contributed by atoms with E-state index in [-0.39, 0.29) is 5.82 Å². The molecule has 0 aliphatic carbocycles. The first kappa shape index (κ1) is 23.3. The molecule has 1 heterocycles. The standard InChI is InChI=1S/C24H24FN3O3S/c1-32-12-9-22(24(30)31)27-23(29)19-4-2-3-17(13-19)14-20(15-28-11-10-26-16-28)18-5-7-21(25)8-6-18/h2-8,10-11,13-14,16,22H,9,12,15H2,1H3,(H,27,29)(H,30,31)/b20-14+/t22-/m0/s1. The number of carbonyl (C=O) groups excluding carboxylic acids is 1. The molecule has 3 rings (SSSR count). The summed E-state index contributed by atoms with van der Waals surface area (Å²) >= 11 is 1.53. The molecule has 0 saturated carbocycles. The average Bonchev–Trinajstić information content (AvgIpc) is 3.30. The lowest BCUT2D eigenvalue weighted by Crippen LogP contribution is -2.41. The summed E-state index contributed by atoms with van der Waals surface area (Å²) in [6.45, 7) is 0.512. The lowest BCUT2D eigenvalue weighted by molar-refractivity contribution is -0.139. The minimum atomic E-state index is -1.05. The van der Waals surface area contributed by atoms with Gasteiger partial charge in [0.25, 0.3) is 5.91 Å². The number of rotatable bonds is 10. The topological polar surface area (TPSA) is 84.2 Å². The van der Waals surface area contributed by atoms with E-state index in [2.05, 4.69) is 10.3 Å². The summed E-state index contributed by atoms with van der Waals surface area (Å²) in [4.78, 5) is 28.2. The maximum absolute atomic E-state index is 13.4. The number of aromatic nitrogens is 2. The molecule has 3 aromatic rings. The number of carbonyl (C=O) groups is 2. The zero-order valence-electron chi connectivity index (χ0n) is 17.6. The highest BCUT2D eigenvalue weighted by atomic mass is 32.2. The monoisotopic (exact) mass is 453 g/mol. The third kappa shape index (κ3) is 6.55. The minimum Gasteiger partial charge on any atom is -0.480 e. The van der Waals surface area contributed by atoms with E-state index >= 15 is 0 Å². The molecule has 0 bridgehead atoms. The lowest BCUT2D eigenvalue weighted by Gasteiger charge is -2.14. The summed E-state index contributed by atoms with van der Waals surface area (Å²) in [7, 11) is 0. The van der Waals surface area contributed by atoms with Crippen molar-refractivity contribution in [3.8, 4) is 0 Å². The van der Waals surface area contributed by atoms with Crippen LogP contribution >= 0.6 is 11.8 Å². The molecule has 0 fully saturated rings. The molecule has 0 radical (unpaired) electrons. The van der Waals surface area contributed by atoms with E-state index in [1.807, 2.05) is 29.2 Å². The van der Waals surface area contributed by atoms with Crippen LogP contribution in [0.25, 0.3) is 11.6 Å². The van der Waals surface area contributed by atoms with Gasteiger partial charge in [-0.2, -0.15) is 11.8 Å². The Hall–Kier alpha value is -3.39. The second-order valence-corrected chi connectivity index (χ2v) is 8.17. The van der Waals surface area contributed by atoms with Gasteiger partial charge in [0.2, 0.25) is 0 Å². The average molecular weight is 454 g/mol. The van der Waals surface area contributed by atoms with Crippen LogP contribution in [0.1, 0.15) is 27.9 Å². The zero-order valence-corrected chi connectivity index (χ0v) is 18.4. The van der Waals surface area contributed by atoms with E-state index in [1.54, 1.807) is 42.9 Å². The van der Waals surface area contributed by atoms with Crippen LogP contribution < -0.4 is 5.32 Å². The Morgan fingerprint density at radius 2 is 2.00 bits per heavy atom. The van der Waals surface area contributed by atoms with Gasteiger partial charge in [0.1, 0.15) is 11.9 Å². The minimum absolute atomic E-state index is 0.316. The Morgan fingerprint density at radius 1 is 1.22 bits per heavy atom. The molecule has 0 aliphatic heterocycles. The number of nitrogens with zero attached hydrogens (tertiary/aromatic N) is 2. The van der Waals surface area contributed by atoms with Crippen LogP contribution in [0.15, 0.2) is 67.3 Å². The van der Waals surface area contributed by atoms with Crippen molar-refractivity contribution in [1.82, 2.24) is 14.9 Å². The van der Waals surface area contributed by atoms with Crippen molar-refractivity contribution in [1.29, 1.82) is 0 Å². The van der Waals surface area contributed by atoms with Crippen molar-refractivity contribution >= 4 is 35.3 Å². The van der Waals surface area contributed by atoms with Crippen LogP contribution in [0.3, 0.4) is 0 Å². The van der Waals surface area contributed by atoms with E-state index in [1.165, 1.54) is 23.9 Å². The van der Waals surface area contributed by atoms with Crippen LogP contribution in [-0.4, -0.2) is 44.6 Å². The van der Waals surface area contributed by atoms with E-state index in [9.17, 15) is 19.1 Å². The zero-order chi connectivity index (χ0) is 22.9. The number of hydrogen-bond donors (Lipinski definition) is 2. The third-order valence-electron chi connectivity index (χ3n) is 4.83. The molecule has 1 aromatic heterocycles. The molecule has 32 heavy (non-hydrogen) atoms. The molecule has 6 nitrogen and oxygen atoms in total. The van der Waals surface area contributed by atoms with Crippen molar-refractivity contribution in [3.63, 3.8) is 0 Å². The number of nitrogens with one attached hydrogen (secondary N) is 1. The van der Waals surface area contributed by atoms with Gasteiger partial charge in [0.05, 0.1) is 6.33 Å². The summed E-state index contributed by atoms with van der Waals surface area (Å²) < 4.78 is 15.3. The van der Waals surface area contributed by atoms with Gasteiger partial charge >= 0.3 is 5.97 Å². The summed E-state index contributed by atoms with van der Waals surface area (Å²) in [5, 5.41) is 12.0. The smallest absolute Gasteiger partial charge is 0.326 e. The lowest BCUT2D eigenvalue weighted by atomic mass is 10.0. The van der Waals surface area contributed by atoms with Crippen LogP contribution in [0.4, 0.5) is 4.39 Å². The van der Waals surface area contributed by atoms with Gasteiger partial charge in [0.15, 0.2) is 0 Å². The molecule has 8 heteroatoms. The predicted octanol–water partition coefficient (Wildman–Crippen LogP) is 4.20. The molecule has 0 aliphatic rings. The van der Waals surface area contributed by atoms with Gasteiger partial charge in [-0.1, -0.05) is 24.3 Å². The highest BCUT2D eigenvalue weighted by Gasteiger charge is 2.20. The number of hydrogen-bond acceptors (Lipinski definition) is 4. The van der Waals surface area contributed by atoms with E-state index in [0.717, 1.165) is 16.7 Å². The molecular formula is C24H24FN3O3S.